The Bertz CT molecular complexity index is 796. The van der Waals surface area contributed by atoms with Crippen molar-refractivity contribution in [2.45, 2.75) is 57.0 Å². The predicted octanol–water partition coefficient (Wildman–Crippen LogP) is 3.76. The van der Waals surface area contributed by atoms with Gasteiger partial charge in [0.1, 0.15) is 6.17 Å². The molecule has 2 atom stereocenters. The molecule has 4 rings (SSSR count). The second kappa shape index (κ2) is 8.19. The smallest absolute Gasteiger partial charge is 0.261 e. The van der Waals surface area contributed by atoms with Crippen molar-refractivity contribution in [1.29, 1.82) is 0 Å². The van der Waals surface area contributed by atoms with Gasteiger partial charge < -0.3 is 9.16 Å². The van der Waals surface area contributed by atoms with Gasteiger partial charge in [0.05, 0.1) is 24.9 Å². The lowest BCUT2D eigenvalue weighted by Crippen LogP contribution is -2.70. The Hall–Kier alpha value is -1.53. The van der Waals surface area contributed by atoms with Gasteiger partial charge in [0, 0.05) is 13.1 Å². The third-order valence-corrected chi connectivity index (χ3v) is 11.9. The SMILES string of the molecule is CC1(N2CC[C@H](O[Si](c3ccccc3)(c3ccccc3)C(C)(C)C)[C@H](F)C2)COC1. The molecule has 3 nitrogen and oxygen atoms in total. The largest absolute Gasteiger partial charge is 0.401 e. The molecule has 0 radical (unpaired) electrons. The number of hydrogen-bond donors (Lipinski definition) is 0. The quantitative estimate of drug-likeness (QED) is 0.678. The van der Waals surface area contributed by atoms with Gasteiger partial charge in [0.25, 0.3) is 8.32 Å². The van der Waals surface area contributed by atoms with E-state index < -0.39 is 20.6 Å². The van der Waals surface area contributed by atoms with Crippen LogP contribution in [-0.4, -0.2) is 57.3 Å². The van der Waals surface area contributed by atoms with E-state index in [1.54, 1.807) is 0 Å². The van der Waals surface area contributed by atoms with Crippen LogP contribution in [0.4, 0.5) is 4.39 Å². The van der Waals surface area contributed by atoms with E-state index in [4.69, 9.17) is 9.16 Å². The van der Waals surface area contributed by atoms with Crippen LogP contribution >= 0.6 is 0 Å². The summed E-state index contributed by atoms with van der Waals surface area (Å²) in [5, 5.41) is 2.27. The Balaban J connectivity index is 1.69. The van der Waals surface area contributed by atoms with Crippen molar-refractivity contribution >= 4 is 18.7 Å². The summed E-state index contributed by atoms with van der Waals surface area (Å²) >= 11 is 0. The Morgan fingerprint density at radius 3 is 1.93 bits per heavy atom. The Labute approximate surface area is 181 Å². The van der Waals surface area contributed by atoms with E-state index in [2.05, 4.69) is 81.1 Å². The first-order valence-electron chi connectivity index (χ1n) is 11.0. The third-order valence-electron chi connectivity index (χ3n) is 6.82. The van der Waals surface area contributed by atoms with E-state index in [1.807, 2.05) is 12.1 Å². The maximum absolute atomic E-state index is 15.6. The van der Waals surface area contributed by atoms with Crippen LogP contribution in [0.5, 0.6) is 0 Å². The predicted molar refractivity (Wildman–Crippen MR) is 123 cm³/mol. The van der Waals surface area contributed by atoms with Gasteiger partial charge in [-0.25, -0.2) is 4.39 Å². The summed E-state index contributed by atoms with van der Waals surface area (Å²) in [5.41, 5.74) is -0.0211. The first-order chi connectivity index (χ1) is 14.3. The van der Waals surface area contributed by atoms with E-state index in [9.17, 15) is 0 Å². The lowest BCUT2D eigenvalue weighted by atomic mass is 9.93. The van der Waals surface area contributed by atoms with Crippen molar-refractivity contribution in [3.63, 3.8) is 0 Å². The van der Waals surface area contributed by atoms with E-state index in [1.165, 1.54) is 10.4 Å². The topological polar surface area (TPSA) is 21.7 Å². The zero-order valence-electron chi connectivity index (χ0n) is 18.6. The highest BCUT2D eigenvalue weighted by Gasteiger charge is 2.53. The molecular weight excluding hydrogens is 393 g/mol. The number of halogens is 1. The molecule has 162 valence electrons. The van der Waals surface area contributed by atoms with Gasteiger partial charge in [-0.3, -0.25) is 4.90 Å². The zero-order chi connectivity index (χ0) is 21.4. The summed E-state index contributed by atoms with van der Waals surface area (Å²) in [7, 11) is -2.72. The number of nitrogens with zero attached hydrogens (tertiary/aromatic N) is 1. The fraction of sp³-hybridized carbons (Fsp3) is 0.520. The van der Waals surface area contributed by atoms with Crippen molar-refractivity contribution < 1.29 is 13.6 Å². The first-order valence-corrected chi connectivity index (χ1v) is 12.9. The number of hydrogen-bond acceptors (Lipinski definition) is 3. The molecule has 5 heteroatoms. The average molecular weight is 428 g/mol. The van der Waals surface area contributed by atoms with Gasteiger partial charge >= 0.3 is 0 Å². The zero-order valence-corrected chi connectivity index (χ0v) is 19.6. The molecule has 30 heavy (non-hydrogen) atoms. The second-order valence-electron chi connectivity index (χ2n) is 10.1. The molecule has 2 heterocycles. The summed E-state index contributed by atoms with van der Waals surface area (Å²) in [6, 6.07) is 21.0. The molecule has 0 aromatic heterocycles. The summed E-state index contributed by atoms with van der Waals surface area (Å²) in [5.74, 6) is 0. The van der Waals surface area contributed by atoms with Gasteiger partial charge in [-0.1, -0.05) is 81.4 Å². The number of ether oxygens (including phenoxy) is 1. The van der Waals surface area contributed by atoms with Crippen LogP contribution < -0.4 is 10.4 Å². The van der Waals surface area contributed by atoms with Crippen molar-refractivity contribution in [1.82, 2.24) is 4.90 Å². The third kappa shape index (κ3) is 3.77. The molecule has 0 N–H and O–H groups in total. The summed E-state index contributed by atoms with van der Waals surface area (Å²) in [6.45, 7) is 11.6. The number of rotatable bonds is 5. The second-order valence-corrected chi connectivity index (χ2v) is 14.3. The number of piperidine rings is 1. The van der Waals surface area contributed by atoms with Crippen LogP contribution in [0.1, 0.15) is 34.1 Å². The van der Waals surface area contributed by atoms with Crippen molar-refractivity contribution in [2.24, 2.45) is 0 Å². The van der Waals surface area contributed by atoms with Crippen LogP contribution in [0.3, 0.4) is 0 Å². The number of likely N-dealkylation sites (tertiary alicyclic amines) is 1. The van der Waals surface area contributed by atoms with Crippen molar-refractivity contribution in [3.05, 3.63) is 60.7 Å². The Morgan fingerprint density at radius 2 is 1.53 bits per heavy atom. The van der Waals surface area contributed by atoms with Crippen LogP contribution in [0.2, 0.25) is 5.04 Å². The van der Waals surface area contributed by atoms with E-state index >= 15 is 4.39 Å². The monoisotopic (exact) mass is 427 g/mol. The summed E-state index contributed by atoms with van der Waals surface area (Å²) in [4.78, 5) is 2.26. The van der Waals surface area contributed by atoms with Gasteiger partial charge in [-0.15, -0.1) is 0 Å². The van der Waals surface area contributed by atoms with Crippen LogP contribution in [-0.2, 0) is 9.16 Å². The molecule has 0 spiro atoms. The normalized spacial score (nSPS) is 25.0. The lowest BCUT2D eigenvalue weighted by Gasteiger charge is -2.52. The number of alkyl halides is 1. The highest BCUT2D eigenvalue weighted by molar-refractivity contribution is 6.99. The van der Waals surface area contributed by atoms with Crippen molar-refractivity contribution in [2.75, 3.05) is 26.3 Å². The van der Waals surface area contributed by atoms with Gasteiger partial charge in [0.15, 0.2) is 0 Å². The minimum Gasteiger partial charge on any atom is -0.401 e. The molecule has 0 aliphatic carbocycles. The fourth-order valence-electron chi connectivity index (χ4n) is 5.00. The van der Waals surface area contributed by atoms with Gasteiger partial charge in [-0.2, -0.15) is 0 Å². The van der Waals surface area contributed by atoms with E-state index in [0.717, 1.165) is 6.54 Å². The summed E-state index contributed by atoms with van der Waals surface area (Å²) < 4.78 is 28.0. The van der Waals surface area contributed by atoms with E-state index in [-0.39, 0.29) is 10.6 Å². The summed E-state index contributed by atoms with van der Waals surface area (Å²) in [6.07, 6.45) is -0.684. The Morgan fingerprint density at radius 1 is 1.00 bits per heavy atom. The van der Waals surface area contributed by atoms with Gasteiger partial charge in [-0.05, 0) is 28.8 Å². The average Bonchev–Trinajstić information content (AvgIpc) is 2.71. The van der Waals surface area contributed by atoms with Crippen molar-refractivity contribution in [3.8, 4) is 0 Å². The maximum atomic E-state index is 15.6. The molecule has 2 aromatic carbocycles. The highest BCUT2D eigenvalue weighted by atomic mass is 28.4. The first kappa shape index (κ1) is 21.7. The molecule has 2 aliphatic rings. The minimum absolute atomic E-state index is 0.0211. The van der Waals surface area contributed by atoms with Crippen LogP contribution in [0.25, 0.3) is 0 Å². The number of benzene rings is 2. The van der Waals surface area contributed by atoms with Crippen LogP contribution in [0, 0.1) is 0 Å². The molecule has 2 aromatic rings. The molecule has 0 bridgehead atoms. The lowest BCUT2D eigenvalue weighted by molar-refractivity contribution is -0.150. The molecular formula is C25H34FNO2Si. The molecule has 2 saturated heterocycles. The molecule has 0 amide bonds. The minimum atomic E-state index is -2.72. The standard InChI is InChI=1S/C25H34FNO2Si/c1-24(2,3)30(20-11-7-5-8-12-20,21-13-9-6-10-14-21)29-23-15-16-27(17-22(23)26)25(4)18-28-19-25/h5-14,22-23H,15-19H2,1-4H3/t22-,23+/m1/s1. The fourth-order valence-corrected chi connectivity index (χ4v) is 9.74. The molecule has 0 saturated carbocycles. The maximum Gasteiger partial charge on any atom is 0.261 e. The molecule has 2 aliphatic heterocycles. The van der Waals surface area contributed by atoms with Gasteiger partial charge in [0.2, 0.25) is 0 Å². The van der Waals surface area contributed by atoms with E-state index in [0.29, 0.717) is 26.2 Å². The van der Waals surface area contributed by atoms with Crippen LogP contribution in [0.15, 0.2) is 60.7 Å². The highest BCUT2D eigenvalue weighted by Crippen LogP contribution is 2.39. The molecule has 0 unspecified atom stereocenters. The Kier molecular flexibility index (Phi) is 5.92. The molecule has 2 fully saturated rings.